The number of benzene rings is 1. The second-order valence-electron chi connectivity index (χ2n) is 7.78. The van der Waals surface area contributed by atoms with E-state index in [9.17, 15) is 0 Å². The summed E-state index contributed by atoms with van der Waals surface area (Å²) < 4.78 is 5.29. The van der Waals surface area contributed by atoms with Crippen molar-refractivity contribution in [3.8, 4) is 0 Å². The highest BCUT2D eigenvalue weighted by Gasteiger charge is 2.36. The lowest BCUT2D eigenvalue weighted by Gasteiger charge is -2.40. The summed E-state index contributed by atoms with van der Waals surface area (Å²) in [4.78, 5) is 8.30. The number of H-pyrrole nitrogens is 1. The Bertz CT molecular complexity index is 761. The fourth-order valence-corrected chi connectivity index (χ4v) is 3.96. The highest BCUT2D eigenvalue weighted by molar-refractivity contribution is 5.86. The summed E-state index contributed by atoms with van der Waals surface area (Å²) in [5.74, 6) is 0.928. The molecular weight excluding hydrogens is 336 g/mol. The standard InChI is InChI=1S/C22H34N4O/c1-4-23-21(26-16-22(10-6-11-22)12-14-27-3)24-13-9-18-15-25-20-17(2)7-5-8-19(18)20/h5,7-8,15,25H,4,6,9-14,16H2,1-3H3,(H2,23,24,26). The number of nitrogens with zero attached hydrogens (tertiary/aromatic N) is 1. The number of fused-ring (bicyclic) bond motifs is 1. The Balaban J connectivity index is 1.57. The maximum atomic E-state index is 5.29. The molecule has 2 aromatic rings. The van der Waals surface area contributed by atoms with Crippen LogP contribution in [0.4, 0.5) is 0 Å². The SMILES string of the molecule is CCNC(=NCC1(CCOC)CCC1)NCCc1c[nH]c2c(C)cccc12. The van der Waals surface area contributed by atoms with Crippen LogP contribution in [-0.4, -0.2) is 44.3 Å². The molecule has 0 atom stereocenters. The van der Waals surface area contributed by atoms with Crippen LogP contribution >= 0.6 is 0 Å². The third kappa shape index (κ3) is 4.83. The van der Waals surface area contributed by atoms with Crippen molar-refractivity contribution in [2.75, 3.05) is 33.4 Å². The van der Waals surface area contributed by atoms with Crippen LogP contribution in [0.1, 0.15) is 43.7 Å². The first-order valence-electron chi connectivity index (χ1n) is 10.2. The number of aryl methyl sites for hydroxylation is 1. The predicted molar refractivity (Wildman–Crippen MR) is 113 cm³/mol. The van der Waals surface area contributed by atoms with E-state index in [0.29, 0.717) is 5.41 Å². The van der Waals surface area contributed by atoms with Gasteiger partial charge in [-0.05, 0) is 56.1 Å². The molecule has 1 fully saturated rings. The van der Waals surface area contributed by atoms with Gasteiger partial charge in [0.15, 0.2) is 5.96 Å². The van der Waals surface area contributed by atoms with E-state index in [2.05, 4.69) is 53.9 Å². The van der Waals surface area contributed by atoms with Gasteiger partial charge in [-0.2, -0.15) is 0 Å². The van der Waals surface area contributed by atoms with E-state index in [1.54, 1.807) is 7.11 Å². The lowest BCUT2D eigenvalue weighted by atomic mass is 9.67. The number of aromatic amines is 1. The van der Waals surface area contributed by atoms with Crippen LogP contribution in [0, 0.1) is 12.3 Å². The molecule has 5 nitrogen and oxygen atoms in total. The summed E-state index contributed by atoms with van der Waals surface area (Å²) >= 11 is 0. The number of aliphatic imine (C=N–C) groups is 1. The van der Waals surface area contributed by atoms with Crippen molar-refractivity contribution in [2.24, 2.45) is 10.4 Å². The molecule has 1 aromatic heterocycles. The molecule has 1 aliphatic rings. The van der Waals surface area contributed by atoms with Gasteiger partial charge in [0.2, 0.25) is 0 Å². The van der Waals surface area contributed by atoms with Gasteiger partial charge in [-0.1, -0.05) is 24.6 Å². The number of methoxy groups -OCH3 is 1. The minimum Gasteiger partial charge on any atom is -0.385 e. The highest BCUT2D eigenvalue weighted by atomic mass is 16.5. The fraction of sp³-hybridized carbons (Fsp3) is 0.591. The van der Waals surface area contributed by atoms with Crippen molar-refractivity contribution >= 4 is 16.9 Å². The number of ether oxygens (including phenoxy) is 1. The average molecular weight is 371 g/mol. The summed E-state index contributed by atoms with van der Waals surface area (Å²) in [6, 6.07) is 6.48. The number of para-hydroxylation sites is 1. The molecular formula is C22H34N4O. The Kier molecular flexibility index (Phi) is 6.78. The molecule has 0 amide bonds. The quantitative estimate of drug-likeness (QED) is 0.465. The van der Waals surface area contributed by atoms with Gasteiger partial charge in [-0.15, -0.1) is 0 Å². The van der Waals surface area contributed by atoms with Crippen molar-refractivity contribution < 1.29 is 4.74 Å². The third-order valence-electron chi connectivity index (χ3n) is 5.86. The molecule has 0 bridgehead atoms. The van der Waals surface area contributed by atoms with E-state index >= 15 is 0 Å². The first-order chi connectivity index (χ1) is 13.2. The molecule has 1 saturated carbocycles. The average Bonchev–Trinajstić information content (AvgIpc) is 3.05. The molecule has 148 valence electrons. The van der Waals surface area contributed by atoms with Gasteiger partial charge in [0.05, 0.1) is 0 Å². The molecule has 3 N–H and O–H groups in total. The van der Waals surface area contributed by atoms with Crippen LogP contribution in [0.25, 0.3) is 10.9 Å². The summed E-state index contributed by atoms with van der Waals surface area (Å²) in [6.07, 6.45) is 8.09. The molecule has 0 spiro atoms. The van der Waals surface area contributed by atoms with E-state index in [-0.39, 0.29) is 0 Å². The van der Waals surface area contributed by atoms with Gasteiger partial charge < -0.3 is 20.4 Å². The first kappa shape index (κ1) is 19.7. The van der Waals surface area contributed by atoms with Gasteiger partial charge in [0, 0.05) is 50.5 Å². The van der Waals surface area contributed by atoms with Crippen LogP contribution < -0.4 is 10.6 Å². The van der Waals surface area contributed by atoms with Crippen molar-refractivity contribution in [2.45, 2.75) is 46.0 Å². The predicted octanol–water partition coefficient (Wildman–Crippen LogP) is 3.78. The Labute approximate surface area is 163 Å². The lowest BCUT2D eigenvalue weighted by Crippen LogP contribution is -2.41. The summed E-state index contributed by atoms with van der Waals surface area (Å²) in [5.41, 5.74) is 4.25. The maximum absolute atomic E-state index is 5.29. The molecule has 1 heterocycles. The molecule has 1 aliphatic carbocycles. The molecule has 0 saturated heterocycles. The number of guanidine groups is 1. The second-order valence-corrected chi connectivity index (χ2v) is 7.78. The molecule has 5 heteroatoms. The highest BCUT2D eigenvalue weighted by Crippen LogP contribution is 2.44. The Hall–Kier alpha value is -2.01. The van der Waals surface area contributed by atoms with E-state index in [4.69, 9.17) is 9.73 Å². The maximum Gasteiger partial charge on any atom is 0.191 e. The summed E-state index contributed by atoms with van der Waals surface area (Å²) in [5, 5.41) is 8.22. The van der Waals surface area contributed by atoms with Crippen LogP contribution in [-0.2, 0) is 11.2 Å². The zero-order valence-corrected chi connectivity index (χ0v) is 17.0. The van der Waals surface area contributed by atoms with Crippen LogP contribution in [0.15, 0.2) is 29.4 Å². The lowest BCUT2D eigenvalue weighted by molar-refractivity contribution is 0.0778. The molecule has 0 radical (unpaired) electrons. The zero-order valence-electron chi connectivity index (χ0n) is 17.0. The van der Waals surface area contributed by atoms with Crippen LogP contribution in [0.2, 0.25) is 0 Å². The monoisotopic (exact) mass is 370 g/mol. The first-order valence-corrected chi connectivity index (χ1v) is 10.2. The number of hydrogen-bond acceptors (Lipinski definition) is 2. The minimum absolute atomic E-state index is 0.354. The molecule has 0 unspecified atom stereocenters. The minimum atomic E-state index is 0.354. The Morgan fingerprint density at radius 1 is 1.30 bits per heavy atom. The molecule has 1 aromatic carbocycles. The zero-order chi connectivity index (χ0) is 19.1. The van der Waals surface area contributed by atoms with E-state index in [1.165, 1.54) is 41.3 Å². The van der Waals surface area contributed by atoms with E-state index in [1.807, 2.05) is 0 Å². The van der Waals surface area contributed by atoms with Crippen molar-refractivity contribution in [3.05, 3.63) is 35.5 Å². The third-order valence-corrected chi connectivity index (χ3v) is 5.86. The van der Waals surface area contributed by atoms with E-state index in [0.717, 1.165) is 45.0 Å². The Morgan fingerprint density at radius 3 is 2.85 bits per heavy atom. The molecule has 3 rings (SSSR count). The van der Waals surface area contributed by atoms with Gasteiger partial charge in [0.1, 0.15) is 0 Å². The van der Waals surface area contributed by atoms with Gasteiger partial charge in [-0.25, -0.2) is 0 Å². The topological polar surface area (TPSA) is 61.4 Å². The van der Waals surface area contributed by atoms with Gasteiger partial charge >= 0.3 is 0 Å². The van der Waals surface area contributed by atoms with Crippen LogP contribution in [0.3, 0.4) is 0 Å². The van der Waals surface area contributed by atoms with Crippen molar-refractivity contribution in [3.63, 3.8) is 0 Å². The largest absolute Gasteiger partial charge is 0.385 e. The number of nitrogens with one attached hydrogen (secondary N) is 3. The van der Waals surface area contributed by atoms with Crippen LogP contribution in [0.5, 0.6) is 0 Å². The van der Waals surface area contributed by atoms with Gasteiger partial charge in [-0.3, -0.25) is 4.99 Å². The van der Waals surface area contributed by atoms with Crippen molar-refractivity contribution in [1.82, 2.24) is 15.6 Å². The number of aromatic nitrogens is 1. The smallest absolute Gasteiger partial charge is 0.191 e. The summed E-state index contributed by atoms with van der Waals surface area (Å²) in [6.45, 7) is 7.73. The Morgan fingerprint density at radius 2 is 2.15 bits per heavy atom. The van der Waals surface area contributed by atoms with E-state index < -0.39 is 0 Å². The van der Waals surface area contributed by atoms with Crippen molar-refractivity contribution in [1.29, 1.82) is 0 Å². The summed E-state index contributed by atoms with van der Waals surface area (Å²) in [7, 11) is 1.79. The number of hydrogen-bond donors (Lipinski definition) is 3. The van der Waals surface area contributed by atoms with Gasteiger partial charge in [0.25, 0.3) is 0 Å². The normalized spacial score (nSPS) is 16.3. The second kappa shape index (κ2) is 9.27. The fourth-order valence-electron chi connectivity index (χ4n) is 3.96. The molecule has 0 aliphatic heterocycles. The molecule has 27 heavy (non-hydrogen) atoms. The number of rotatable bonds is 9.